The number of hydrogen-bond donors (Lipinski definition) is 1. The van der Waals surface area contributed by atoms with Crippen LogP contribution in [-0.4, -0.2) is 33.0 Å². The number of aromatic nitrogens is 3. The van der Waals surface area contributed by atoms with E-state index in [9.17, 15) is 4.79 Å². The molecule has 0 bridgehead atoms. The van der Waals surface area contributed by atoms with Gasteiger partial charge < -0.3 is 14.5 Å². The van der Waals surface area contributed by atoms with Crippen molar-refractivity contribution in [1.29, 1.82) is 0 Å². The molecule has 2 aromatic carbocycles. The maximum Gasteiger partial charge on any atom is 0.230 e. The predicted octanol–water partition coefficient (Wildman–Crippen LogP) is 4.57. The van der Waals surface area contributed by atoms with Crippen LogP contribution in [0.2, 0.25) is 0 Å². The van der Waals surface area contributed by atoms with Crippen molar-refractivity contribution in [3.05, 3.63) is 78.3 Å². The Morgan fingerprint density at radius 3 is 2.75 bits per heavy atom. The van der Waals surface area contributed by atoms with Gasteiger partial charge in [-0.05, 0) is 31.2 Å². The Morgan fingerprint density at radius 2 is 1.94 bits per heavy atom. The largest absolute Gasteiger partial charge is 0.493 e. The van der Waals surface area contributed by atoms with Gasteiger partial charge in [-0.3, -0.25) is 9.36 Å². The van der Waals surface area contributed by atoms with Crippen molar-refractivity contribution in [1.82, 2.24) is 20.1 Å². The second kappa shape index (κ2) is 8.92. The number of carbonyl (C=O) groups is 1. The molecular formula is C24H22N4O3S. The Bertz CT molecular complexity index is 1240. The lowest BCUT2D eigenvalue weighted by Gasteiger charge is -2.26. The number of fused-ring (bicyclic) bond motifs is 1. The topological polar surface area (TPSA) is 82.2 Å². The fourth-order valence-electron chi connectivity index (χ4n) is 3.82. The normalized spacial score (nSPS) is 15.1. The highest BCUT2D eigenvalue weighted by molar-refractivity contribution is 7.99. The minimum absolute atomic E-state index is 0.0517. The van der Waals surface area contributed by atoms with E-state index in [1.54, 1.807) is 6.26 Å². The monoisotopic (exact) mass is 446 g/mol. The Hall–Kier alpha value is -3.52. The summed E-state index contributed by atoms with van der Waals surface area (Å²) in [7, 11) is 0. The van der Waals surface area contributed by atoms with E-state index in [1.807, 2.05) is 72.2 Å². The Kier molecular flexibility index (Phi) is 5.68. The van der Waals surface area contributed by atoms with Crippen molar-refractivity contribution in [2.75, 3.05) is 12.4 Å². The van der Waals surface area contributed by atoms with Gasteiger partial charge in [0.1, 0.15) is 11.5 Å². The number of para-hydroxylation sites is 2. The van der Waals surface area contributed by atoms with Crippen LogP contribution >= 0.6 is 11.8 Å². The minimum Gasteiger partial charge on any atom is -0.493 e. The van der Waals surface area contributed by atoms with E-state index in [1.165, 1.54) is 11.8 Å². The predicted molar refractivity (Wildman–Crippen MR) is 122 cm³/mol. The molecule has 162 valence electrons. The zero-order valence-corrected chi connectivity index (χ0v) is 18.3. The van der Waals surface area contributed by atoms with E-state index >= 15 is 0 Å². The summed E-state index contributed by atoms with van der Waals surface area (Å²) in [6, 6.07) is 19.5. The van der Waals surface area contributed by atoms with E-state index in [4.69, 9.17) is 9.15 Å². The first kappa shape index (κ1) is 20.4. The number of thioether (sulfide) groups is 1. The summed E-state index contributed by atoms with van der Waals surface area (Å²) in [4.78, 5) is 12.8. The lowest BCUT2D eigenvalue weighted by Crippen LogP contribution is -2.33. The van der Waals surface area contributed by atoms with Crippen molar-refractivity contribution in [2.45, 2.75) is 24.5 Å². The molecule has 0 spiro atoms. The van der Waals surface area contributed by atoms with E-state index in [0.29, 0.717) is 17.6 Å². The lowest BCUT2D eigenvalue weighted by molar-refractivity contribution is -0.119. The highest BCUT2D eigenvalue weighted by atomic mass is 32.2. The summed E-state index contributed by atoms with van der Waals surface area (Å²) >= 11 is 1.36. The highest BCUT2D eigenvalue weighted by Crippen LogP contribution is 2.32. The van der Waals surface area contributed by atoms with E-state index in [0.717, 1.165) is 34.7 Å². The minimum atomic E-state index is -0.0552. The van der Waals surface area contributed by atoms with Crippen LogP contribution in [0.5, 0.6) is 5.75 Å². The fraction of sp³-hybridized carbons (Fsp3) is 0.208. The number of nitrogens with one attached hydrogen (secondary N) is 1. The van der Waals surface area contributed by atoms with Gasteiger partial charge >= 0.3 is 0 Å². The molecule has 0 fully saturated rings. The molecule has 0 unspecified atom stereocenters. The molecule has 8 heteroatoms. The quantitative estimate of drug-likeness (QED) is 0.437. The van der Waals surface area contributed by atoms with Gasteiger partial charge in [-0.15, -0.1) is 10.2 Å². The van der Waals surface area contributed by atoms with Gasteiger partial charge in [0.15, 0.2) is 11.0 Å². The molecule has 7 nitrogen and oxygen atoms in total. The maximum absolute atomic E-state index is 12.8. The summed E-state index contributed by atoms with van der Waals surface area (Å²) in [6.45, 7) is 2.48. The molecule has 0 saturated heterocycles. The first-order valence-electron chi connectivity index (χ1n) is 10.4. The molecule has 0 aliphatic carbocycles. The van der Waals surface area contributed by atoms with Gasteiger partial charge in [0.05, 0.1) is 30.2 Å². The molecule has 4 aromatic rings. The van der Waals surface area contributed by atoms with Crippen LogP contribution < -0.4 is 10.1 Å². The van der Waals surface area contributed by atoms with Gasteiger partial charge in [0.25, 0.3) is 0 Å². The van der Waals surface area contributed by atoms with Crippen LogP contribution in [-0.2, 0) is 4.79 Å². The highest BCUT2D eigenvalue weighted by Gasteiger charge is 2.24. The van der Waals surface area contributed by atoms with Crippen LogP contribution in [0.3, 0.4) is 0 Å². The van der Waals surface area contributed by atoms with Gasteiger partial charge in [0.2, 0.25) is 5.91 Å². The van der Waals surface area contributed by atoms with Crippen LogP contribution in [0, 0.1) is 6.92 Å². The van der Waals surface area contributed by atoms with Crippen molar-refractivity contribution in [3.63, 3.8) is 0 Å². The van der Waals surface area contributed by atoms with Crippen molar-refractivity contribution < 1.29 is 13.9 Å². The summed E-state index contributed by atoms with van der Waals surface area (Å²) in [6.07, 6.45) is 2.39. The zero-order valence-electron chi connectivity index (χ0n) is 17.5. The SMILES string of the molecule is Cc1occc1-c1nnc(SCC(=O)N[C@@H]2CCOc3ccccc32)n1-c1ccccc1. The average molecular weight is 447 g/mol. The molecule has 1 aliphatic rings. The molecule has 1 aliphatic heterocycles. The van der Waals surface area contributed by atoms with Crippen LogP contribution in [0.15, 0.2) is 76.5 Å². The lowest BCUT2D eigenvalue weighted by atomic mass is 10.0. The smallest absolute Gasteiger partial charge is 0.230 e. The molecule has 32 heavy (non-hydrogen) atoms. The van der Waals surface area contributed by atoms with E-state index in [-0.39, 0.29) is 17.7 Å². The Morgan fingerprint density at radius 1 is 1.12 bits per heavy atom. The first-order chi connectivity index (χ1) is 15.7. The van der Waals surface area contributed by atoms with Crippen LogP contribution in [0.1, 0.15) is 23.8 Å². The van der Waals surface area contributed by atoms with Crippen molar-refractivity contribution >= 4 is 17.7 Å². The number of nitrogens with zero attached hydrogens (tertiary/aromatic N) is 3. The zero-order chi connectivity index (χ0) is 21.9. The summed E-state index contributed by atoms with van der Waals surface area (Å²) in [5, 5.41) is 12.6. The molecule has 0 radical (unpaired) electrons. The number of hydrogen-bond acceptors (Lipinski definition) is 6. The number of amides is 1. The molecule has 1 amide bonds. The third kappa shape index (κ3) is 4.01. The van der Waals surface area contributed by atoms with Crippen LogP contribution in [0.25, 0.3) is 17.1 Å². The molecule has 0 saturated carbocycles. The van der Waals surface area contributed by atoms with E-state index < -0.39 is 0 Å². The number of ether oxygens (including phenoxy) is 1. The Labute approximate surface area is 189 Å². The number of aryl methyl sites for hydroxylation is 1. The second-order valence-electron chi connectivity index (χ2n) is 7.45. The molecule has 1 N–H and O–H groups in total. The summed E-state index contributed by atoms with van der Waals surface area (Å²) in [5.74, 6) is 2.46. The standard InChI is InChI=1S/C24H22N4O3S/c1-16-18(11-13-30-16)23-26-27-24(28(23)17-7-3-2-4-8-17)32-15-22(29)25-20-12-14-31-21-10-6-5-9-19(20)21/h2-11,13,20H,12,14-15H2,1H3,(H,25,29)/t20-/m1/s1. The molecule has 5 rings (SSSR count). The fourth-order valence-corrected chi connectivity index (χ4v) is 4.59. The molecule has 2 aromatic heterocycles. The first-order valence-corrected chi connectivity index (χ1v) is 11.4. The van der Waals surface area contributed by atoms with Crippen molar-refractivity contribution in [2.24, 2.45) is 0 Å². The average Bonchev–Trinajstić information content (AvgIpc) is 3.44. The molecular weight excluding hydrogens is 424 g/mol. The van der Waals surface area contributed by atoms with Crippen molar-refractivity contribution in [3.8, 4) is 22.8 Å². The second-order valence-corrected chi connectivity index (χ2v) is 8.39. The molecule has 3 heterocycles. The Balaban J connectivity index is 1.36. The van der Waals surface area contributed by atoms with Crippen LogP contribution in [0.4, 0.5) is 0 Å². The summed E-state index contributed by atoms with van der Waals surface area (Å²) < 4.78 is 13.1. The maximum atomic E-state index is 12.8. The third-order valence-corrected chi connectivity index (χ3v) is 6.30. The van der Waals surface area contributed by atoms with Gasteiger partial charge in [0, 0.05) is 17.7 Å². The van der Waals surface area contributed by atoms with Gasteiger partial charge in [-0.1, -0.05) is 48.2 Å². The van der Waals surface area contributed by atoms with E-state index in [2.05, 4.69) is 15.5 Å². The number of rotatable bonds is 6. The number of carbonyl (C=O) groups excluding carboxylic acids is 1. The summed E-state index contributed by atoms with van der Waals surface area (Å²) in [5.41, 5.74) is 2.81. The number of benzene rings is 2. The molecule has 1 atom stereocenters. The third-order valence-electron chi connectivity index (χ3n) is 5.37. The van der Waals surface area contributed by atoms with Gasteiger partial charge in [-0.25, -0.2) is 0 Å². The van der Waals surface area contributed by atoms with Gasteiger partial charge in [-0.2, -0.15) is 0 Å². The number of furan rings is 1.